The van der Waals surface area contributed by atoms with Gasteiger partial charge in [0.25, 0.3) is 0 Å². The minimum atomic E-state index is -3.83. The van der Waals surface area contributed by atoms with Gasteiger partial charge in [0, 0.05) is 0 Å². The van der Waals surface area contributed by atoms with Crippen LogP contribution in [-0.4, -0.2) is 59.8 Å². The van der Waals surface area contributed by atoms with Gasteiger partial charge in [-0.2, -0.15) is 0 Å². The van der Waals surface area contributed by atoms with Crippen LogP contribution in [0, 0.1) is 0 Å². The number of aliphatic carboxylic acids is 1. The molecule has 0 aliphatic carbocycles. The molecule has 9 heteroatoms. The van der Waals surface area contributed by atoms with Crippen molar-refractivity contribution in [3.63, 3.8) is 0 Å². The summed E-state index contributed by atoms with van der Waals surface area (Å²) in [6, 6.07) is -1.47. The molecule has 0 radical (unpaired) electrons. The SMILES string of the molecule is CO/N=C/[C@@]1(C)[C@H](C(=O)O)N2C(=O)CC2S1(=O)=O. The maximum Gasteiger partial charge on any atom is 0.328 e. The van der Waals surface area contributed by atoms with Gasteiger partial charge >= 0.3 is 5.97 Å². The molecule has 0 aromatic heterocycles. The van der Waals surface area contributed by atoms with Crippen LogP contribution in [-0.2, 0) is 24.3 Å². The third kappa shape index (κ3) is 1.30. The lowest BCUT2D eigenvalue weighted by atomic mass is 9.98. The van der Waals surface area contributed by atoms with E-state index in [0.29, 0.717) is 0 Å². The highest BCUT2D eigenvalue weighted by Crippen LogP contribution is 2.45. The fourth-order valence-electron chi connectivity index (χ4n) is 2.36. The topological polar surface area (TPSA) is 113 Å². The predicted octanol–water partition coefficient (Wildman–Crippen LogP) is -1.18. The van der Waals surface area contributed by atoms with E-state index >= 15 is 0 Å². The van der Waals surface area contributed by atoms with Crippen LogP contribution >= 0.6 is 0 Å². The average molecular weight is 276 g/mol. The van der Waals surface area contributed by atoms with Crippen molar-refractivity contribution >= 4 is 27.9 Å². The van der Waals surface area contributed by atoms with E-state index in [-0.39, 0.29) is 6.42 Å². The number of carboxylic acids is 1. The molecule has 18 heavy (non-hydrogen) atoms. The fourth-order valence-corrected chi connectivity index (χ4v) is 4.56. The molecule has 1 unspecified atom stereocenters. The first-order valence-corrected chi connectivity index (χ1v) is 6.67. The van der Waals surface area contributed by atoms with Crippen LogP contribution in [0.5, 0.6) is 0 Å². The second kappa shape index (κ2) is 3.67. The molecule has 1 N–H and O–H groups in total. The largest absolute Gasteiger partial charge is 0.480 e. The summed E-state index contributed by atoms with van der Waals surface area (Å²) in [6.07, 6.45) is 0.759. The van der Waals surface area contributed by atoms with E-state index in [1.807, 2.05) is 0 Å². The van der Waals surface area contributed by atoms with E-state index in [2.05, 4.69) is 9.99 Å². The number of β-lactam (4-membered cyclic amide) rings is 1. The molecule has 2 heterocycles. The minimum Gasteiger partial charge on any atom is -0.480 e. The van der Waals surface area contributed by atoms with Gasteiger partial charge in [0.05, 0.1) is 12.6 Å². The van der Waals surface area contributed by atoms with E-state index in [4.69, 9.17) is 5.11 Å². The summed E-state index contributed by atoms with van der Waals surface area (Å²) in [5.41, 5.74) is 0. The van der Waals surface area contributed by atoms with Crippen molar-refractivity contribution in [3.8, 4) is 0 Å². The standard InChI is InChI=1S/C9H12N2O6S/c1-9(4-10-17-2)7(8(13)14)11-5(12)3-6(11)18(9,15)16/h4,6-7H,3H2,1-2H3,(H,13,14)/b10-4+/t6?,7-,9-/m0/s1. The molecular weight excluding hydrogens is 264 g/mol. The Morgan fingerprint density at radius 2 is 2.28 bits per heavy atom. The molecule has 8 nitrogen and oxygen atoms in total. The molecule has 3 atom stereocenters. The summed E-state index contributed by atoms with van der Waals surface area (Å²) >= 11 is 0. The Bertz CT molecular complexity index is 541. The highest BCUT2D eigenvalue weighted by atomic mass is 32.2. The van der Waals surface area contributed by atoms with Crippen molar-refractivity contribution in [2.45, 2.75) is 29.5 Å². The van der Waals surface area contributed by atoms with Crippen LogP contribution in [0.2, 0.25) is 0 Å². The average Bonchev–Trinajstić information content (AvgIpc) is 2.41. The number of carbonyl (C=O) groups excluding carboxylic acids is 1. The molecule has 2 rings (SSSR count). The van der Waals surface area contributed by atoms with Crippen molar-refractivity contribution in [1.29, 1.82) is 0 Å². The maximum atomic E-state index is 12.2. The number of carbonyl (C=O) groups is 2. The van der Waals surface area contributed by atoms with Gasteiger partial charge in [-0.3, -0.25) is 4.79 Å². The molecule has 0 saturated carbocycles. The van der Waals surface area contributed by atoms with Gasteiger partial charge in [0.1, 0.15) is 17.2 Å². The van der Waals surface area contributed by atoms with Gasteiger partial charge in [0.15, 0.2) is 15.9 Å². The van der Waals surface area contributed by atoms with Crippen LogP contribution in [0.4, 0.5) is 0 Å². The van der Waals surface area contributed by atoms with Crippen LogP contribution in [0.1, 0.15) is 13.3 Å². The van der Waals surface area contributed by atoms with Crippen molar-refractivity contribution in [2.75, 3.05) is 7.11 Å². The maximum absolute atomic E-state index is 12.2. The Kier molecular flexibility index (Phi) is 2.61. The quantitative estimate of drug-likeness (QED) is 0.394. The summed E-state index contributed by atoms with van der Waals surface area (Å²) in [7, 11) is -2.61. The summed E-state index contributed by atoms with van der Waals surface area (Å²) in [6.45, 7) is 1.23. The number of oxime groups is 1. The zero-order valence-corrected chi connectivity index (χ0v) is 10.5. The van der Waals surface area contributed by atoms with E-state index in [9.17, 15) is 18.0 Å². The molecule has 2 saturated heterocycles. The first-order chi connectivity index (χ1) is 8.27. The third-order valence-corrected chi connectivity index (χ3v) is 6.05. The highest BCUT2D eigenvalue weighted by Gasteiger charge is 2.69. The Balaban J connectivity index is 2.57. The zero-order valence-electron chi connectivity index (χ0n) is 9.73. The molecule has 2 aliphatic rings. The number of nitrogens with zero attached hydrogens (tertiary/aromatic N) is 2. The number of fused-ring (bicyclic) bond motifs is 1. The van der Waals surface area contributed by atoms with Crippen molar-refractivity contribution in [3.05, 3.63) is 0 Å². The van der Waals surface area contributed by atoms with Crippen LogP contribution in [0.3, 0.4) is 0 Å². The van der Waals surface area contributed by atoms with Gasteiger partial charge in [-0.15, -0.1) is 0 Å². The Morgan fingerprint density at radius 1 is 1.67 bits per heavy atom. The van der Waals surface area contributed by atoms with E-state index in [1.54, 1.807) is 0 Å². The lowest BCUT2D eigenvalue weighted by Gasteiger charge is -2.35. The first-order valence-electron chi connectivity index (χ1n) is 5.12. The minimum absolute atomic E-state index is 0.178. The van der Waals surface area contributed by atoms with E-state index in [1.165, 1.54) is 14.0 Å². The van der Waals surface area contributed by atoms with Crippen LogP contribution < -0.4 is 0 Å². The van der Waals surface area contributed by atoms with Gasteiger partial charge in [-0.1, -0.05) is 5.16 Å². The normalized spacial score (nSPS) is 37.4. The fraction of sp³-hybridized carbons (Fsp3) is 0.667. The third-order valence-electron chi connectivity index (χ3n) is 3.39. The number of rotatable bonds is 3. The molecule has 0 aromatic carbocycles. The Morgan fingerprint density at radius 3 is 2.72 bits per heavy atom. The molecule has 100 valence electrons. The Hall–Kier alpha value is -1.64. The summed E-state index contributed by atoms with van der Waals surface area (Å²) < 4.78 is 22.7. The first kappa shape index (κ1) is 12.8. The smallest absolute Gasteiger partial charge is 0.328 e. The van der Waals surface area contributed by atoms with Crippen molar-refractivity contribution in [1.82, 2.24) is 4.90 Å². The molecular formula is C9H12N2O6S. The molecule has 0 aromatic rings. The van der Waals surface area contributed by atoms with Gasteiger partial charge in [-0.25, -0.2) is 13.2 Å². The lowest BCUT2D eigenvalue weighted by Crippen LogP contribution is -2.57. The number of hydrogen-bond acceptors (Lipinski definition) is 6. The second-order valence-electron chi connectivity index (χ2n) is 4.35. The summed E-state index contributed by atoms with van der Waals surface area (Å²) in [5.74, 6) is -1.86. The zero-order chi connectivity index (χ0) is 13.7. The number of amides is 1. The lowest BCUT2D eigenvalue weighted by molar-refractivity contribution is -0.156. The number of sulfone groups is 1. The molecule has 0 bridgehead atoms. The second-order valence-corrected chi connectivity index (χ2v) is 6.86. The predicted molar refractivity (Wildman–Crippen MR) is 59.5 cm³/mol. The highest BCUT2D eigenvalue weighted by molar-refractivity contribution is 7.94. The van der Waals surface area contributed by atoms with Gasteiger partial charge in [0.2, 0.25) is 5.91 Å². The van der Waals surface area contributed by atoms with Crippen molar-refractivity contribution in [2.24, 2.45) is 5.16 Å². The molecule has 0 spiro atoms. The van der Waals surface area contributed by atoms with Crippen LogP contribution in [0.25, 0.3) is 0 Å². The van der Waals surface area contributed by atoms with Gasteiger partial charge < -0.3 is 14.8 Å². The van der Waals surface area contributed by atoms with E-state index in [0.717, 1.165) is 11.1 Å². The molecule has 1 amide bonds. The summed E-state index contributed by atoms with van der Waals surface area (Å²) in [4.78, 5) is 27.9. The monoisotopic (exact) mass is 276 g/mol. The Labute approximate surface area is 103 Å². The van der Waals surface area contributed by atoms with Gasteiger partial charge in [-0.05, 0) is 6.92 Å². The molecule has 2 fully saturated rings. The number of hydrogen-bond donors (Lipinski definition) is 1. The van der Waals surface area contributed by atoms with E-state index < -0.39 is 37.9 Å². The molecule has 2 aliphatic heterocycles. The summed E-state index contributed by atoms with van der Waals surface area (Å²) in [5, 5.41) is 11.5. The number of carboxylic acid groups (broad SMARTS) is 1. The van der Waals surface area contributed by atoms with Crippen LogP contribution in [0.15, 0.2) is 5.16 Å². The van der Waals surface area contributed by atoms with Crippen molar-refractivity contribution < 1.29 is 28.0 Å².